The minimum Gasteiger partial charge on any atom is -0.385 e. The Morgan fingerprint density at radius 3 is 2.54 bits per heavy atom. The molecule has 0 radical (unpaired) electrons. The maximum Gasteiger partial charge on any atom is 0.0462 e. The molecule has 0 aliphatic carbocycles. The number of rotatable bonds is 8. The second-order valence-electron chi connectivity index (χ2n) is 3.83. The predicted molar refractivity (Wildman–Crippen MR) is 61.2 cm³/mol. The van der Waals surface area contributed by atoms with Crippen LogP contribution in [0.15, 0.2) is 0 Å². The molecule has 0 saturated carbocycles. The fourth-order valence-corrected chi connectivity index (χ4v) is 2.11. The summed E-state index contributed by atoms with van der Waals surface area (Å²) in [4.78, 5) is 0. The van der Waals surface area contributed by atoms with E-state index in [1.54, 1.807) is 7.11 Å². The first-order valence-electron chi connectivity index (χ1n) is 4.99. The monoisotopic (exact) mass is 205 g/mol. The molecule has 0 heterocycles. The third-order valence-electron chi connectivity index (χ3n) is 1.71. The molecule has 80 valence electrons. The van der Waals surface area contributed by atoms with Crippen molar-refractivity contribution in [1.82, 2.24) is 0 Å². The van der Waals surface area contributed by atoms with Crippen LogP contribution >= 0.6 is 11.8 Å². The molecule has 0 aromatic heterocycles. The van der Waals surface area contributed by atoms with Crippen LogP contribution in [-0.2, 0) is 4.74 Å². The summed E-state index contributed by atoms with van der Waals surface area (Å²) in [5.41, 5.74) is 5.92. The van der Waals surface area contributed by atoms with E-state index in [9.17, 15) is 0 Å². The maximum atomic E-state index is 5.92. The summed E-state index contributed by atoms with van der Waals surface area (Å²) >= 11 is 1.96. The molecule has 0 aromatic carbocycles. The molecule has 0 aliphatic heterocycles. The van der Waals surface area contributed by atoms with Gasteiger partial charge in [-0.25, -0.2) is 0 Å². The molecule has 0 aromatic rings. The van der Waals surface area contributed by atoms with Crippen LogP contribution in [0.1, 0.15) is 26.7 Å². The van der Waals surface area contributed by atoms with Crippen LogP contribution in [-0.4, -0.2) is 31.3 Å². The number of hydrogen-bond donors (Lipinski definition) is 1. The van der Waals surface area contributed by atoms with Gasteiger partial charge in [0.2, 0.25) is 0 Å². The summed E-state index contributed by atoms with van der Waals surface area (Å²) in [6.45, 7) is 5.31. The normalized spacial score (nSPS) is 13.6. The van der Waals surface area contributed by atoms with E-state index < -0.39 is 0 Å². The molecule has 0 rings (SSSR count). The van der Waals surface area contributed by atoms with E-state index >= 15 is 0 Å². The van der Waals surface area contributed by atoms with Crippen LogP contribution in [0.2, 0.25) is 0 Å². The number of thioether (sulfide) groups is 1. The average Bonchev–Trinajstić information content (AvgIpc) is 2.04. The molecule has 2 N–H and O–H groups in total. The summed E-state index contributed by atoms with van der Waals surface area (Å²) in [7, 11) is 1.74. The summed E-state index contributed by atoms with van der Waals surface area (Å²) < 4.78 is 4.97. The SMILES string of the molecule is COCCCC(N)CSCC(C)C. The second-order valence-corrected chi connectivity index (χ2v) is 4.90. The largest absolute Gasteiger partial charge is 0.385 e. The van der Waals surface area contributed by atoms with E-state index in [0.29, 0.717) is 6.04 Å². The van der Waals surface area contributed by atoms with Crippen molar-refractivity contribution in [3.63, 3.8) is 0 Å². The third kappa shape index (κ3) is 10.2. The molecule has 0 saturated heterocycles. The van der Waals surface area contributed by atoms with Gasteiger partial charge in [0, 0.05) is 25.5 Å². The first-order chi connectivity index (χ1) is 6.16. The van der Waals surface area contributed by atoms with Gasteiger partial charge < -0.3 is 10.5 Å². The lowest BCUT2D eigenvalue weighted by Crippen LogP contribution is -2.23. The van der Waals surface area contributed by atoms with E-state index in [2.05, 4.69) is 13.8 Å². The smallest absolute Gasteiger partial charge is 0.0462 e. The van der Waals surface area contributed by atoms with Crippen molar-refractivity contribution >= 4 is 11.8 Å². The fraction of sp³-hybridized carbons (Fsp3) is 1.00. The van der Waals surface area contributed by atoms with E-state index in [1.807, 2.05) is 11.8 Å². The van der Waals surface area contributed by atoms with Gasteiger partial charge in [-0.15, -0.1) is 0 Å². The third-order valence-corrected chi connectivity index (χ3v) is 3.27. The average molecular weight is 205 g/mol. The lowest BCUT2D eigenvalue weighted by Gasteiger charge is -2.11. The Morgan fingerprint density at radius 2 is 2.00 bits per heavy atom. The highest BCUT2D eigenvalue weighted by Crippen LogP contribution is 2.10. The van der Waals surface area contributed by atoms with Crippen molar-refractivity contribution in [2.45, 2.75) is 32.7 Å². The van der Waals surface area contributed by atoms with Gasteiger partial charge in [0.05, 0.1) is 0 Å². The Kier molecular flexibility index (Phi) is 9.03. The van der Waals surface area contributed by atoms with E-state index in [4.69, 9.17) is 10.5 Å². The Balaban J connectivity index is 3.15. The van der Waals surface area contributed by atoms with Crippen LogP contribution in [0.25, 0.3) is 0 Å². The molecule has 0 amide bonds. The van der Waals surface area contributed by atoms with Gasteiger partial charge in [0.15, 0.2) is 0 Å². The van der Waals surface area contributed by atoms with Crippen LogP contribution in [0.3, 0.4) is 0 Å². The lowest BCUT2D eigenvalue weighted by molar-refractivity contribution is 0.191. The molecule has 2 nitrogen and oxygen atoms in total. The van der Waals surface area contributed by atoms with Crippen molar-refractivity contribution < 1.29 is 4.74 Å². The van der Waals surface area contributed by atoms with Crippen molar-refractivity contribution in [3.8, 4) is 0 Å². The van der Waals surface area contributed by atoms with Crippen molar-refractivity contribution in [3.05, 3.63) is 0 Å². The first-order valence-corrected chi connectivity index (χ1v) is 6.14. The molecule has 1 unspecified atom stereocenters. The quantitative estimate of drug-likeness (QED) is 0.617. The molecular weight excluding hydrogens is 182 g/mol. The van der Waals surface area contributed by atoms with Crippen molar-refractivity contribution in [2.24, 2.45) is 11.7 Å². The van der Waals surface area contributed by atoms with Gasteiger partial charge in [-0.2, -0.15) is 11.8 Å². The van der Waals surface area contributed by atoms with Crippen LogP contribution < -0.4 is 5.73 Å². The number of nitrogens with two attached hydrogens (primary N) is 1. The Hall–Kier alpha value is 0.270. The molecule has 0 spiro atoms. The van der Waals surface area contributed by atoms with Crippen LogP contribution in [0, 0.1) is 5.92 Å². The lowest BCUT2D eigenvalue weighted by atomic mass is 10.2. The van der Waals surface area contributed by atoms with Gasteiger partial charge in [-0.3, -0.25) is 0 Å². The standard InChI is InChI=1S/C10H23NOS/c1-9(2)7-13-8-10(11)5-4-6-12-3/h9-10H,4-8,11H2,1-3H3. The van der Waals surface area contributed by atoms with Gasteiger partial charge in [0.25, 0.3) is 0 Å². The van der Waals surface area contributed by atoms with E-state index in [1.165, 1.54) is 5.75 Å². The highest BCUT2D eigenvalue weighted by molar-refractivity contribution is 7.99. The second kappa shape index (κ2) is 8.85. The molecule has 13 heavy (non-hydrogen) atoms. The zero-order valence-electron chi connectivity index (χ0n) is 9.08. The minimum absolute atomic E-state index is 0.346. The fourth-order valence-electron chi connectivity index (χ4n) is 1.03. The number of hydrogen-bond acceptors (Lipinski definition) is 3. The molecule has 0 aliphatic rings. The van der Waals surface area contributed by atoms with Gasteiger partial charge in [-0.05, 0) is 24.5 Å². The zero-order valence-corrected chi connectivity index (χ0v) is 9.90. The summed E-state index contributed by atoms with van der Waals surface area (Å²) in [5, 5.41) is 0. The molecular formula is C10H23NOS. The first kappa shape index (κ1) is 13.3. The highest BCUT2D eigenvalue weighted by atomic mass is 32.2. The van der Waals surface area contributed by atoms with Gasteiger partial charge in [0.1, 0.15) is 0 Å². The summed E-state index contributed by atoms with van der Waals surface area (Å²) in [6.07, 6.45) is 2.17. The highest BCUT2D eigenvalue weighted by Gasteiger charge is 2.02. The van der Waals surface area contributed by atoms with Crippen molar-refractivity contribution in [2.75, 3.05) is 25.2 Å². The Labute approximate surface area is 86.6 Å². The predicted octanol–water partition coefficient (Wildman–Crippen LogP) is 2.13. The molecule has 3 heteroatoms. The van der Waals surface area contributed by atoms with Crippen LogP contribution in [0.4, 0.5) is 0 Å². The molecule has 0 fully saturated rings. The Bertz CT molecular complexity index is 109. The van der Waals surface area contributed by atoms with Gasteiger partial charge in [-0.1, -0.05) is 13.8 Å². The van der Waals surface area contributed by atoms with Crippen molar-refractivity contribution in [1.29, 1.82) is 0 Å². The van der Waals surface area contributed by atoms with Crippen LogP contribution in [0.5, 0.6) is 0 Å². The zero-order chi connectivity index (χ0) is 10.1. The maximum absolute atomic E-state index is 5.92. The molecule has 0 bridgehead atoms. The summed E-state index contributed by atoms with van der Waals surface area (Å²) in [5.74, 6) is 3.08. The number of methoxy groups -OCH3 is 1. The van der Waals surface area contributed by atoms with E-state index in [0.717, 1.165) is 31.1 Å². The Morgan fingerprint density at radius 1 is 1.31 bits per heavy atom. The van der Waals surface area contributed by atoms with E-state index in [-0.39, 0.29) is 0 Å². The number of ether oxygens (including phenoxy) is 1. The molecule has 1 atom stereocenters. The summed E-state index contributed by atoms with van der Waals surface area (Å²) in [6, 6.07) is 0.346. The minimum atomic E-state index is 0.346. The topological polar surface area (TPSA) is 35.2 Å². The van der Waals surface area contributed by atoms with Gasteiger partial charge >= 0.3 is 0 Å².